The zero-order valence-corrected chi connectivity index (χ0v) is 32.9. The van der Waals surface area contributed by atoms with Gasteiger partial charge in [-0.05, 0) is 126 Å². The van der Waals surface area contributed by atoms with Crippen molar-refractivity contribution in [2.45, 2.75) is 44.4 Å². The molecular formula is C55H45N3. The molecule has 0 fully saturated rings. The van der Waals surface area contributed by atoms with Gasteiger partial charge in [0.1, 0.15) is 0 Å². The highest BCUT2D eigenvalue weighted by Gasteiger charge is 2.47. The van der Waals surface area contributed by atoms with Crippen molar-refractivity contribution in [3.8, 4) is 16.8 Å². The van der Waals surface area contributed by atoms with Gasteiger partial charge in [-0.15, -0.1) is 0 Å². The fourth-order valence-corrected chi connectivity index (χ4v) is 9.45. The molecule has 58 heavy (non-hydrogen) atoms. The van der Waals surface area contributed by atoms with Crippen molar-refractivity contribution >= 4 is 33.4 Å². The number of benzene rings is 6. The first-order valence-electron chi connectivity index (χ1n) is 20.6. The summed E-state index contributed by atoms with van der Waals surface area (Å²) in [7, 11) is 0. The van der Waals surface area contributed by atoms with Crippen LogP contribution in [0, 0.1) is 0 Å². The van der Waals surface area contributed by atoms with Crippen LogP contribution in [-0.2, 0) is 5.41 Å². The molecule has 10 rings (SSSR count). The maximum absolute atomic E-state index is 5.27. The number of fused-ring (bicyclic) bond motifs is 6. The predicted molar refractivity (Wildman–Crippen MR) is 244 cm³/mol. The molecule has 0 bridgehead atoms. The van der Waals surface area contributed by atoms with Gasteiger partial charge in [-0.2, -0.15) is 0 Å². The highest BCUT2D eigenvalue weighted by atomic mass is 15.0. The molecule has 7 aromatic rings. The minimum absolute atomic E-state index is 0.513. The lowest BCUT2D eigenvalue weighted by atomic mass is 9.67. The summed E-state index contributed by atoms with van der Waals surface area (Å²) in [4.78, 5) is 10.5. The van der Waals surface area contributed by atoms with Crippen LogP contribution in [0.3, 0.4) is 0 Å². The molecule has 0 radical (unpaired) electrons. The molecule has 3 nitrogen and oxygen atoms in total. The monoisotopic (exact) mass is 747 g/mol. The number of aliphatic imine (C=N–C) groups is 2. The van der Waals surface area contributed by atoms with Crippen LogP contribution < -0.4 is 0 Å². The van der Waals surface area contributed by atoms with Crippen LogP contribution in [0.2, 0.25) is 0 Å². The Kier molecular flexibility index (Phi) is 9.14. The fraction of sp³-hybridized carbons (Fsp3) is 0.127. The van der Waals surface area contributed by atoms with E-state index in [4.69, 9.17) is 9.98 Å². The molecular weight excluding hydrogens is 703 g/mol. The standard InChI is InChI=1S/C55H45N3/c1-38(40-21-9-5-10-22-40)56-54(57-39(2)41-23-11-6-12-24-41)42-33-34-52-48(35-42)49-36-51-47(37-53(49)58(52)45-29-17-8-18-30-45)46-31-19-20-32-50(46)55(51,44-27-15-7-16-28-44)43-25-13-3-4-14-26-43/h3,6-8,11-21,23-37H,1,4-5,9-10,22H2,2H3. The molecule has 0 spiro atoms. The number of rotatable bonds is 7. The second kappa shape index (κ2) is 14.9. The molecule has 0 amide bonds. The van der Waals surface area contributed by atoms with Crippen LogP contribution in [0.25, 0.3) is 38.6 Å². The van der Waals surface area contributed by atoms with E-state index in [1.54, 1.807) is 0 Å². The third-order valence-corrected chi connectivity index (χ3v) is 12.2. The zero-order chi connectivity index (χ0) is 39.1. The highest BCUT2D eigenvalue weighted by molar-refractivity contribution is 6.17. The van der Waals surface area contributed by atoms with Crippen molar-refractivity contribution in [2.75, 3.05) is 0 Å². The first-order valence-corrected chi connectivity index (χ1v) is 20.6. The predicted octanol–water partition coefficient (Wildman–Crippen LogP) is 13.8. The summed E-state index contributed by atoms with van der Waals surface area (Å²) in [5.41, 5.74) is 15.5. The van der Waals surface area contributed by atoms with Gasteiger partial charge in [0.25, 0.3) is 0 Å². The third kappa shape index (κ3) is 5.97. The van der Waals surface area contributed by atoms with E-state index in [0.29, 0.717) is 5.84 Å². The van der Waals surface area contributed by atoms with Gasteiger partial charge in [0.15, 0.2) is 5.84 Å². The zero-order valence-electron chi connectivity index (χ0n) is 32.9. The average molecular weight is 748 g/mol. The van der Waals surface area contributed by atoms with E-state index in [2.05, 4.69) is 194 Å². The molecule has 0 N–H and O–H groups in total. The summed E-state index contributed by atoms with van der Waals surface area (Å²) < 4.78 is 2.43. The lowest BCUT2D eigenvalue weighted by Crippen LogP contribution is -2.29. The number of para-hydroxylation sites is 1. The maximum Gasteiger partial charge on any atom is 0.160 e. The Morgan fingerprint density at radius 2 is 1.40 bits per heavy atom. The molecule has 1 atom stereocenters. The topological polar surface area (TPSA) is 29.6 Å². The first kappa shape index (κ1) is 35.6. The molecule has 3 heteroatoms. The largest absolute Gasteiger partial charge is 0.309 e. The lowest BCUT2D eigenvalue weighted by molar-refractivity contribution is 0.705. The van der Waals surface area contributed by atoms with E-state index in [-0.39, 0.29) is 0 Å². The SMILES string of the molecule is C=C(N=C(N=C(C)c1ccccc1)c1ccc2c(c1)c1cc3c(cc1n2-c1ccccc1)-c1ccccc1C3(C1=CC=CCC=C1)c1ccccc1)C1=CCCCC1. The Labute approximate surface area is 341 Å². The highest BCUT2D eigenvalue weighted by Crippen LogP contribution is 2.58. The van der Waals surface area contributed by atoms with Crippen molar-refractivity contribution in [3.05, 3.63) is 233 Å². The van der Waals surface area contributed by atoms with Gasteiger partial charge in [0.05, 0.1) is 22.1 Å². The molecule has 280 valence electrons. The van der Waals surface area contributed by atoms with Crippen LogP contribution in [0.4, 0.5) is 0 Å². The van der Waals surface area contributed by atoms with Gasteiger partial charge in [-0.3, -0.25) is 0 Å². The molecule has 1 heterocycles. The Morgan fingerprint density at radius 3 is 2.19 bits per heavy atom. The normalized spacial score (nSPS) is 17.8. The lowest BCUT2D eigenvalue weighted by Gasteiger charge is -2.34. The van der Waals surface area contributed by atoms with Crippen molar-refractivity contribution in [1.82, 2.24) is 4.57 Å². The molecule has 3 aliphatic rings. The second-order valence-electron chi connectivity index (χ2n) is 15.6. The van der Waals surface area contributed by atoms with Crippen LogP contribution in [0.15, 0.2) is 215 Å². The summed E-state index contributed by atoms with van der Waals surface area (Å²) in [6, 6.07) is 52.9. The van der Waals surface area contributed by atoms with E-state index in [1.807, 2.05) is 6.07 Å². The minimum Gasteiger partial charge on any atom is -0.309 e. The smallest absolute Gasteiger partial charge is 0.160 e. The molecule has 1 unspecified atom stereocenters. The Bertz CT molecular complexity index is 2920. The summed E-state index contributed by atoms with van der Waals surface area (Å²) in [6.45, 7) is 6.56. The van der Waals surface area contributed by atoms with Gasteiger partial charge in [0, 0.05) is 27.7 Å². The number of allylic oxidation sites excluding steroid dienone is 8. The Hall–Kier alpha value is -6.84. The quantitative estimate of drug-likeness (QED) is 0.115. The molecule has 0 saturated carbocycles. The minimum atomic E-state index is -0.513. The molecule has 0 saturated heterocycles. The van der Waals surface area contributed by atoms with Gasteiger partial charge < -0.3 is 4.57 Å². The number of amidine groups is 1. The molecule has 3 aliphatic carbocycles. The van der Waals surface area contributed by atoms with E-state index in [1.165, 1.54) is 56.3 Å². The van der Waals surface area contributed by atoms with Crippen LogP contribution in [0.1, 0.15) is 66.8 Å². The third-order valence-electron chi connectivity index (χ3n) is 12.2. The number of hydrogen-bond donors (Lipinski definition) is 0. The summed E-state index contributed by atoms with van der Waals surface area (Å²) in [6.07, 6.45) is 19.1. The number of nitrogens with zero attached hydrogens (tertiary/aromatic N) is 3. The fourth-order valence-electron chi connectivity index (χ4n) is 9.45. The molecule has 6 aromatic carbocycles. The maximum atomic E-state index is 5.27. The van der Waals surface area contributed by atoms with Crippen molar-refractivity contribution in [2.24, 2.45) is 9.98 Å². The van der Waals surface area contributed by atoms with Gasteiger partial charge in [-0.1, -0.05) is 146 Å². The van der Waals surface area contributed by atoms with Gasteiger partial charge in [0.2, 0.25) is 0 Å². The van der Waals surface area contributed by atoms with Crippen molar-refractivity contribution < 1.29 is 0 Å². The van der Waals surface area contributed by atoms with E-state index in [9.17, 15) is 0 Å². The molecule has 0 aliphatic heterocycles. The van der Waals surface area contributed by atoms with Crippen LogP contribution in [-0.4, -0.2) is 16.1 Å². The second-order valence-corrected chi connectivity index (χ2v) is 15.6. The average Bonchev–Trinajstić information content (AvgIpc) is 3.58. The number of hydrogen-bond acceptors (Lipinski definition) is 1. The molecule has 1 aromatic heterocycles. The van der Waals surface area contributed by atoms with E-state index >= 15 is 0 Å². The summed E-state index contributed by atoms with van der Waals surface area (Å²) >= 11 is 0. The van der Waals surface area contributed by atoms with E-state index in [0.717, 1.165) is 64.8 Å². The first-order chi connectivity index (χ1) is 28.6. The van der Waals surface area contributed by atoms with Crippen LogP contribution >= 0.6 is 0 Å². The summed E-state index contributed by atoms with van der Waals surface area (Å²) in [5.74, 6) is 0.674. The Morgan fingerprint density at radius 1 is 0.655 bits per heavy atom. The van der Waals surface area contributed by atoms with E-state index < -0.39 is 5.41 Å². The number of aromatic nitrogens is 1. The Balaban J connectivity index is 1.27. The van der Waals surface area contributed by atoms with Crippen molar-refractivity contribution in [1.29, 1.82) is 0 Å². The summed E-state index contributed by atoms with van der Waals surface area (Å²) in [5, 5.41) is 2.35. The van der Waals surface area contributed by atoms with Crippen LogP contribution in [0.5, 0.6) is 0 Å². The van der Waals surface area contributed by atoms with Crippen molar-refractivity contribution in [3.63, 3.8) is 0 Å². The van der Waals surface area contributed by atoms with Gasteiger partial charge in [-0.25, -0.2) is 9.98 Å². The van der Waals surface area contributed by atoms with Gasteiger partial charge >= 0.3 is 0 Å².